The summed E-state index contributed by atoms with van der Waals surface area (Å²) in [5.41, 5.74) is 5.16. The topological polar surface area (TPSA) is 98.0 Å². The minimum absolute atomic E-state index is 0.00308. The molecule has 11 heteroatoms. The zero-order valence-corrected chi connectivity index (χ0v) is 12.0. The number of rotatable bonds is 3. The molecule has 0 aliphatic rings. The van der Waals surface area contributed by atoms with Crippen LogP contribution in [0.3, 0.4) is 0 Å². The van der Waals surface area contributed by atoms with E-state index in [4.69, 9.17) is 28.9 Å². The second kappa shape index (κ2) is 5.08. The second-order valence-corrected chi connectivity index (χ2v) is 6.94. The van der Waals surface area contributed by atoms with E-state index in [2.05, 4.69) is 14.9 Å². The standard InChI is InChI=1S/C8H5Cl2FN4O2S2/c9-4-1-3(11)2-5(10)6(4)15-19(16,17)8-14-13-7(12)18-8/h1-2,15H,(H2,12,13). The lowest BCUT2D eigenvalue weighted by Gasteiger charge is -2.09. The lowest BCUT2D eigenvalue weighted by atomic mass is 10.3. The average Bonchev–Trinajstić information content (AvgIpc) is 2.71. The van der Waals surface area contributed by atoms with Gasteiger partial charge in [0, 0.05) is 0 Å². The van der Waals surface area contributed by atoms with E-state index in [-0.39, 0.29) is 25.2 Å². The molecule has 6 nitrogen and oxygen atoms in total. The van der Waals surface area contributed by atoms with Crippen molar-refractivity contribution in [2.24, 2.45) is 0 Å². The number of aromatic nitrogens is 2. The predicted molar refractivity (Wildman–Crippen MR) is 71.5 cm³/mol. The molecule has 0 atom stereocenters. The van der Waals surface area contributed by atoms with Gasteiger partial charge in [0.1, 0.15) is 5.82 Å². The summed E-state index contributed by atoms with van der Waals surface area (Å²) in [6.07, 6.45) is 0. The SMILES string of the molecule is Nc1nnc(S(=O)(=O)Nc2c(Cl)cc(F)cc2Cl)s1. The number of benzene rings is 1. The minimum atomic E-state index is -4.03. The fourth-order valence-corrected chi connectivity index (χ4v) is 3.70. The van der Waals surface area contributed by atoms with Gasteiger partial charge in [-0.2, -0.15) is 8.42 Å². The van der Waals surface area contributed by atoms with Crippen LogP contribution in [0, 0.1) is 5.82 Å². The molecule has 2 rings (SSSR count). The van der Waals surface area contributed by atoms with Gasteiger partial charge in [0.05, 0.1) is 15.7 Å². The molecule has 0 saturated heterocycles. The van der Waals surface area contributed by atoms with E-state index < -0.39 is 15.8 Å². The molecule has 0 spiro atoms. The van der Waals surface area contributed by atoms with Crippen LogP contribution in [0.25, 0.3) is 0 Å². The Kier molecular flexibility index (Phi) is 3.81. The number of nitrogens with zero attached hydrogens (tertiary/aromatic N) is 2. The summed E-state index contributed by atoms with van der Waals surface area (Å²) in [5, 5.41) is 6.43. The number of sulfonamides is 1. The number of hydrogen-bond donors (Lipinski definition) is 2. The van der Waals surface area contributed by atoms with Crippen molar-refractivity contribution in [1.82, 2.24) is 10.2 Å². The van der Waals surface area contributed by atoms with Crippen molar-refractivity contribution >= 4 is 55.4 Å². The maximum Gasteiger partial charge on any atom is 0.291 e. The summed E-state index contributed by atoms with van der Waals surface area (Å²) in [5.74, 6) is -0.682. The summed E-state index contributed by atoms with van der Waals surface area (Å²) in [6, 6.07) is 1.86. The number of halogens is 3. The molecular formula is C8H5Cl2FN4O2S2. The van der Waals surface area contributed by atoms with Gasteiger partial charge in [-0.3, -0.25) is 4.72 Å². The van der Waals surface area contributed by atoms with Crippen LogP contribution in [0.5, 0.6) is 0 Å². The van der Waals surface area contributed by atoms with Crippen LogP contribution in [-0.4, -0.2) is 18.6 Å². The molecule has 1 aromatic heterocycles. The van der Waals surface area contributed by atoms with Crippen LogP contribution in [0.1, 0.15) is 0 Å². The zero-order valence-electron chi connectivity index (χ0n) is 8.89. The van der Waals surface area contributed by atoms with Crippen LogP contribution < -0.4 is 10.5 Å². The van der Waals surface area contributed by atoms with Crippen molar-refractivity contribution in [2.75, 3.05) is 10.5 Å². The molecule has 0 radical (unpaired) electrons. The van der Waals surface area contributed by atoms with E-state index in [0.29, 0.717) is 11.3 Å². The van der Waals surface area contributed by atoms with Crippen LogP contribution >= 0.6 is 34.5 Å². The van der Waals surface area contributed by atoms with Gasteiger partial charge in [-0.1, -0.05) is 34.5 Å². The third-order valence-electron chi connectivity index (χ3n) is 1.90. The van der Waals surface area contributed by atoms with Crippen molar-refractivity contribution in [2.45, 2.75) is 4.34 Å². The molecule has 2 aromatic rings. The maximum atomic E-state index is 13.0. The fraction of sp³-hybridized carbons (Fsp3) is 0. The third kappa shape index (κ3) is 3.06. The van der Waals surface area contributed by atoms with Crippen LogP contribution in [0.2, 0.25) is 10.0 Å². The smallest absolute Gasteiger partial charge is 0.291 e. The molecule has 102 valence electrons. The molecule has 0 unspecified atom stereocenters. The molecule has 19 heavy (non-hydrogen) atoms. The largest absolute Gasteiger partial charge is 0.374 e. The Morgan fingerprint density at radius 2 is 1.84 bits per heavy atom. The highest BCUT2D eigenvalue weighted by molar-refractivity contribution is 7.94. The van der Waals surface area contributed by atoms with E-state index >= 15 is 0 Å². The van der Waals surface area contributed by atoms with Crippen molar-refractivity contribution in [3.05, 3.63) is 28.0 Å². The molecule has 0 bridgehead atoms. The summed E-state index contributed by atoms with van der Waals surface area (Å²) < 4.78 is 38.6. The average molecular weight is 343 g/mol. The summed E-state index contributed by atoms with van der Waals surface area (Å²) in [6.45, 7) is 0. The van der Waals surface area contributed by atoms with Crippen LogP contribution in [0.4, 0.5) is 15.2 Å². The van der Waals surface area contributed by atoms with Gasteiger partial charge in [0.15, 0.2) is 0 Å². The van der Waals surface area contributed by atoms with Crippen LogP contribution in [-0.2, 0) is 10.0 Å². The van der Waals surface area contributed by atoms with Gasteiger partial charge in [0.25, 0.3) is 14.4 Å². The van der Waals surface area contributed by atoms with E-state index in [0.717, 1.165) is 12.1 Å². The molecule has 1 heterocycles. The molecule has 1 aromatic carbocycles. The van der Waals surface area contributed by atoms with Gasteiger partial charge in [-0.25, -0.2) is 4.39 Å². The Balaban J connectivity index is 2.41. The van der Waals surface area contributed by atoms with E-state index in [1.807, 2.05) is 0 Å². The van der Waals surface area contributed by atoms with Gasteiger partial charge >= 0.3 is 0 Å². The van der Waals surface area contributed by atoms with Gasteiger partial charge < -0.3 is 5.73 Å². The number of nitrogen functional groups attached to an aromatic ring is 1. The molecule has 0 amide bonds. The highest BCUT2D eigenvalue weighted by Crippen LogP contribution is 2.33. The second-order valence-electron chi connectivity index (χ2n) is 3.26. The van der Waals surface area contributed by atoms with E-state index in [1.165, 1.54) is 0 Å². The first-order valence-corrected chi connectivity index (χ1v) is 7.61. The zero-order chi connectivity index (χ0) is 14.2. The Bertz CT molecular complexity index is 711. The third-order valence-corrected chi connectivity index (χ3v) is 4.96. The number of nitrogens with one attached hydrogen (secondary N) is 1. The number of nitrogens with two attached hydrogens (primary N) is 1. The monoisotopic (exact) mass is 342 g/mol. The highest BCUT2D eigenvalue weighted by Gasteiger charge is 2.22. The fourth-order valence-electron chi connectivity index (χ4n) is 1.15. The van der Waals surface area contributed by atoms with Gasteiger partial charge in [0.2, 0.25) is 5.13 Å². The van der Waals surface area contributed by atoms with Gasteiger partial charge in [-0.15, -0.1) is 10.2 Å². The van der Waals surface area contributed by atoms with Crippen molar-refractivity contribution < 1.29 is 12.8 Å². The Labute approximate surface area is 121 Å². The molecular weight excluding hydrogens is 338 g/mol. The van der Waals surface area contributed by atoms with Crippen molar-refractivity contribution in [1.29, 1.82) is 0 Å². The lowest BCUT2D eigenvalue weighted by Crippen LogP contribution is -2.13. The molecule has 0 aliphatic carbocycles. The Hall–Kier alpha value is -1.16. The maximum absolute atomic E-state index is 13.0. The lowest BCUT2D eigenvalue weighted by molar-refractivity contribution is 0.599. The first kappa shape index (κ1) is 14.3. The Morgan fingerprint density at radius 1 is 1.26 bits per heavy atom. The molecule has 0 aliphatic heterocycles. The number of hydrogen-bond acceptors (Lipinski definition) is 6. The first-order chi connectivity index (χ1) is 8.79. The molecule has 0 fully saturated rings. The van der Waals surface area contributed by atoms with Crippen molar-refractivity contribution in [3.63, 3.8) is 0 Å². The summed E-state index contributed by atoms with van der Waals surface area (Å²) >= 11 is 12.1. The van der Waals surface area contributed by atoms with E-state index in [9.17, 15) is 12.8 Å². The summed E-state index contributed by atoms with van der Waals surface area (Å²) in [4.78, 5) is 0. The van der Waals surface area contributed by atoms with Gasteiger partial charge in [-0.05, 0) is 12.1 Å². The van der Waals surface area contributed by atoms with E-state index in [1.54, 1.807) is 0 Å². The quantitative estimate of drug-likeness (QED) is 0.892. The first-order valence-electron chi connectivity index (χ1n) is 4.56. The normalized spacial score (nSPS) is 11.5. The Morgan fingerprint density at radius 3 is 2.32 bits per heavy atom. The number of anilines is 2. The van der Waals surface area contributed by atoms with Crippen LogP contribution in [0.15, 0.2) is 16.5 Å². The van der Waals surface area contributed by atoms with Crippen molar-refractivity contribution in [3.8, 4) is 0 Å². The minimum Gasteiger partial charge on any atom is -0.374 e. The summed E-state index contributed by atoms with van der Waals surface area (Å²) in [7, 11) is -4.03. The highest BCUT2D eigenvalue weighted by atomic mass is 35.5. The predicted octanol–water partition coefficient (Wildman–Crippen LogP) is 2.37. The molecule has 0 saturated carbocycles. The molecule has 3 N–H and O–H groups in total.